The Bertz CT molecular complexity index is 717. The summed E-state index contributed by atoms with van der Waals surface area (Å²) in [6.07, 6.45) is 6.92. The fraction of sp³-hybridized carbons (Fsp3) is 0.609. The zero-order valence-corrected chi connectivity index (χ0v) is 17.6. The van der Waals surface area contributed by atoms with Gasteiger partial charge < -0.3 is 9.47 Å². The number of esters is 2. The van der Waals surface area contributed by atoms with E-state index in [2.05, 4.69) is 20.4 Å². The smallest absolute Gasteiger partial charge is 0.330 e. The lowest BCUT2D eigenvalue weighted by Gasteiger charge is -2.49. The third-order valence-corrected chi connectivity index (χ3v) is 6.26. The van der Waals surface area contributed by atoms with E-state index in [1.807, 2.05) is 13.8 Å². The highest BCUT2D eigenvalue weighted by atomic mass is 16.5. The Labute approximate surface area is 167 Å². The molecule has 0 aromatic heterocycles. The number of rotatable bonds is 6. The maximum absolute atomic E-state index is 12.4. The van der Waals surface area contributed by atoms with Crippen LogP contribution in [-0.4, -0.2) is 30.4 Å². The highest BCUT2D eigenvalue weighted by Crippen LogP contribution is 2.52. The molecule has 0 unspecified atom stereocenters. The van der Waals surface area contributed by atoms with Crippen LogP contribution in [0.15, 0.2) is 36.0 Å². The molecule has 2 aliphatic rings. The summed E-state index contributed by atoms with van der Waals surface area (Å²) in [5.41, 5.74) is 1.88. The van der Waals surface area contributed by atoms with E-state index in [1.54, 1.807) is 12.2 Å². The zero-order valence-electron chi connectivity index (χ0n) is 17.6. The number of ether oxygens (including phenoxy) is 2. The normalized spacial score (nSPS) is 31.0. The van der Waals surface area contributed by atoms with Gasteiger partial charge in [-0.3, -0.25) is 9.59 Å². The lowest BCUT2D eigenvalue weighted by molar-refractivity contribution is -0.150. The summed E-state index contributed by atoms with van der Waals surface area (Å²) in [7, 11) is 0. The molecule has 0 amide bonds. The van der Waals surface area contributed by atoms with E-state index in [0.717, 1.165) is 24.8 Å². The lowest BCUT2D eigenvalue weighted by Crippen LogP contribution is -2.46. The van der Waals surface area contributed by atoms with Crippen LogP contribution in [0.3, 0.4) is 0 Å². The average molecular weight is 389 g/mol. The number of hydrogen-bond acceptors (Lipinski definition) is 5. The van der Waals surface area contributed by atoms with Gasteiger partial charge in [0.05, 0.1) is 6.61 Å². The zero-order chi connectivity index (χ0) is 21.1. The molecule has 5 heteroatoms. The monoisotopic (exact) mass is 388 g/mol. The predicted molar refractivity (Wildman–Crippen MR) is 107 cm³/mol. The Morgan fingerprint density at radius 2 is 2.07 bits per heavy atom. The first kappa shape index (κ1) is 22.1. The standard InChI is InChI=1S/C23H32O5/c1-14(2)19-12-23(6)16(4)21(9-8-18(23)11-20(19)25)28-22(26)10-7-15(3)13-27-17(5)24/h7,10-11,15-16,19,21H,1,8-9,12-13H2,2-6H3/b10-7+/t15-,16-,19-,21+,23+/m1/s1. The van der Waals surface area contributed by atoms with Crippen LogP contribution in [0.5, 0.6) is 0 Å². The van der Waals surface area contributed by atoms with E-state index >= 15 is 0 Å². The quantitative estimate of drug-likeness (QED) is 0.388. The second kappa shape index (κ2) is 8.89. The van der Waals surface area contributed by atoms with Crippen molar-refractivity contribution in [3.05, 3.63) is 36.0 Å². The van der Waals surface area contributed by atoms with Crippen LogP contribution in [0.1, 0.15) is 53.9 Å². The molecule has 5 nitrogen and oxygen atoms in total. The first-order valence-corrected chi connectivity index (χ1v) is 9.97. The van der Waals surface area contributed by atoms with Crippen molar-refractivity contribution < 1.29 is 23.9 Å². The number of carbonyl (C=O) groups excluding carboxylic acids is 3. The van der Waals surface area contributed by atoms with Crippen molar-refractivity contribution in [2.45, 2.75) is 60.0 Å². The Balaban J connectivity index is 2.02. The molecule has 28 heavy (non-hydrogen) atoms. The molecule has 0 heterocycles. The minimum absolute atomic E-state index is 0.0621. The van der Waals surface area contributed by atoms with E-state index in [4.69, 9.17) is 9.47 Å². The largest absolute Gasteiger partial charge is 0.465 e. The van der Waals surface area contributed by atoms with Gasteiger partial charge in [0, 0.05) is 30.8 Å². The number of ketones is 1. The molecule has 0 radical (unpaired) electrons. The first-order chi connectivity index (χ1) is 13.0. The Morgan fingerprint density at radius 3 is 2.68 bits per heavy atom. The molecule has 0 aromatic carbocycles. The summed E-state index contributed by atoms with van der Waals surface area (Å²) in [6, 6.07) is 0. The van der Waals surface area contributed by atoms with Crippen LogP contribution in [0.2, 0.25) is 0 Å². The van der Waals surface area contributed by atoms with Crippen molar-refractivity contribution in [3.8, 4) is 0 Å². The van der Waals surface area contributed by atoms with Gasteiger partial charge in [-0.15, -0.1) is 0 Å². The van der Waals surface area contributed by atoms with Gasteiger partial charge in [-0.05, 0) is 37.7 Å². The average Bonchev–Trinajstić information content (AvgIpc) is 2.62. The maximum atomic E-state index is 12.4. The van der Waals surface area contributed by atoms with Crippen molar-refractivity contribution in [1.82, 2.24) is 0 Å². The number of fused-ring (bicyclic) bond motifs is 1. The molecule has 0 saturated heterocycles. The molecule has 0 spiro atoms. The molecule has 0 aliphatic heterocycles. The third-order valence-electron chi connectivity index (χ3n) is 6.26. The molecular formula is C23H32O5. The summed E-state index contributed by atoms with van der Waals surface area (Å²) in [5.74, 6) is -0.688. The third kappa shape index (κ3) is 5.00. The molecule has 2 aliphatic carbocycles. The summed E-state index contributed by atoms with van der Waals surface area (Å²) < 4.78 is 10.7. The second-order valence-electron chi connectivity index (χ2n) is 8.53. The van der Waals surface area contributed by atoms with Crippen molar-refractivity contribution in [3.63, 3.8) is 0 Å². The van der Waals surface area contributed by atoms with Crippen LogP contribution >= 0.6 is 0 Å². The van der Waals surface area contributed by atoms with Crippen molar-refractivity contribution in [2.24, 2.45) is 23.2 Å². The molecule has 0 aromatic rings. The maximum Gasteiger partial charge on any atom is 0.330 e. The van der Waals surface area contributed by atoms with Gasteiger partial charge in [0.25, 0.3) is 0 Å². The van der Waals surface area contributed by atoms with Gasteiger partial charge in [-0.25, -0.2) is 4.79 Å². The van der Waals surface area contributed by atoms with E-state index < -0.39 is 0 Å². The number of carbonyl (C=O) groups is 3. The molecular weight excluding hydrogens is 356 g/mol. The minimum atomic E-state index is -0.383. The number of hydrogen-bond donors (Lipinski definition) is 0. The molecule has 154 valence electrons. The van der Waals surface area contributed by atoms with E-state index in [0.29, 0.717) is 0 Å². The Hall–Kier alpha value is -2.17. The molecule has 0 bridgehead atoms. The minimum Gasteiger partial charge on any atom is -0.465 e. The summed E-state index contributed by atoms with van der Waals surface area (Å²) >= 11 is 0. The second-order valence-corrected chi connectivity index (χ2v) is 8.53. The topological polar surface area (TPSA) is 69.7 Å². The SMILES string of the molecule is C=C(C)[C@H]1C[C@]2(C)C(=CC1=O)CC[C@H](OC(=O)/C=C/[C@@H](C)COC(C)=O)[C@H]2C. The van der Waals surface area contributed by atoms with Gasteiger partial charge in [-0.2, -0.15) is 0 Å². The summed E-state index contributed by atoms with van der Waals surface area (Å²) in [6.45, 7) is 13.6. The highest BCUT2D eigenvalue weighted by molar-refractivity contribution is 5.95. The lowest BCUT2D eigenvalue weighted by atomic mass is 9.57. The highest BCUT2D eigenvalue weighted by Gasteiger charge is 2.48. The van der Waals surface area contributed by atoms with Crippen LogP contribution < -0.4 is 0 Å². The van der Waals surface area contributed by atoms with Crippen LogP contribution in [0.25, 0.3) is 0 Å². The Morgan fingerprint density at radius 1 is 1.39 bits per heavy atom. The fourth-order valence-electron chi connectivity index (χ4n) is 4.20. The van der Waals surface area contributed by atoms with E-state index in [-0.39, 0.29) is 53.6 Å². The van der Waals surface area contributed by atoms with E-state index in [9.17, 15) is 14.4 Å². The van der Waals surface area contributed by atoms with Gasteiger partial charge in [0.1, 0.15) is 6.10 Å². The predicted octanol–water partition coefficient (Wildman–Crippen LogP) is 4.18. The summed E-state index contributed by atoms with van der Waals surface area (Å²) in [5, 5.41) is 0. The van der Waals surface area contributed by atoms with Gasteiger partial charge >= 0.3 is 11.9 Å². The van der Waals surface area contributed by atoms with Gasteiger partial charge in [0.15, 0.2) is 5.78 Å². The molecule has 1 fully saturated rings. The molecule has 1 saturated carbocycles. The van der Waals surface area contributed by atoms with Crippen LogP contribution in [0, 0.1) is 23.2 Å². The van der Waals surface area contributed by atoms with Crippen LogP contribution in [0.4, 0.5) is 0 Å². The number of allylic oxidation sites excluding steroid dienone is 3. The summed E-state index contributed by atoms with van der Waals surface area (Å²) in [4.78, 5) is 35.5. The van der Waals surface area contributed by atoms with Crippen molar-refractivity contribution in [1.29, 1.82) is 0 Å². The van der Waals surface area contributed by atoms with E-state index in [1.165, 1.54) is 18.6 Å². The van der Waals surface area contributed by atoms with Crippen LogP contribution in [-0.2, 0) is 23.9 Å². The van der Waals surface area contributed by atoms with Crippen molar-refractivity contribution >= 4 is 17.7 Å². The molecule has 5 atom stereocenters. The molecule has 2 rings (SSSR count). The first-order valence-electron chi connectivity index (χ1n) is 9.97. The van der Waals surface area contributed by atoms with Gasteiger partial charge in [-0.1, -0.05) is 44.6 Å². The van der Waals surface area contributed by atoms with Crippen molar-refractivity contribution in [2.75, 3.05) is 6.61 Å². The fourth-order valence-corrected chi connectivity index (χ4v) is 4.20. The molecule has 0 N–H and O–H groups in total. The van der Waals surface area contributed by atoms with Gasteiger partial charge in [0.2, 0.25) is 0 Å². The Kier molecular flexibility index (Phi) is 7.02.